The van der Waals surface area contributed by atoms with Crippen LogP contribution in [0.5, 0.6) is 0 Å². The summed E-state index contributed by atoms with van der Waals surface area (Å²) in [5.41, 5.74) is 0. The number of rotatable bonds is 0. The Morgan fingerprint density at radius 3 is 0.600 bits per heavy atom. The second-order valence-electron chi connectivity index (χ2n) is 3.00. The van der Waals surface area contributed by atoms with Crippen LogP contribution in [0.1, 0.15) is 41.5 Å². The van der Waals surface area contributed by atoms with E-state index in [9.17, 15) is 0 Å². The van der Waals surface area contributed by atoms with E-state index in [-0.39, 0.29) is 35.9 Å². The largest absolute Gasteiger partial charge is 2.00 e. The van der Waals surface area contributed by atoms with Gasteiger partial charge in [0.2, 0.25) is 0 Å². The first-order valence-corrected chi connectivity index (χ1v) is 3.00. The molecule has 0 bridgehead atoms. The standard InChI is InChI=1S/2C4H9.Cu.Li/c2*1-4(2)3;;/h2*1-3H3;;/q2*-1;+2;. The van der Waals surface area contributed by atoms with E-state index in [1.165, 1.54) is 11.8 Å². The smallest absolute Gasteiger partial charge is 0.323 e. The molecule has 0 rings (SSSR count). The van der Waals surface area contributed by atoms with Gasteiger partial charge in [-0.2, -0.15) is 41.5 Å². The van der Waals surface area contributed by atoms with Crippen molar-refractivity contribution in [3.63, 3.8) is 0 Å². The summed E-state index contributed by atoms with van der Waals surface area (Å²) in [7, 11) is 0. The molecule has 0 saturated heterocycles. The minimum absolute atomic E-state index is 0. The molecule has 0 heterocycles. The molecule has 0 saturated carbocycles. The molecule has 0 fully saturated rings. The molecule has 2 radical (unpaired) electrons. The van der Waals surface area contributed by atoms with Crippen LogP contribution in [-0.2, 0) is 17.1 Å². The van der Waals surface area contributed by atoms with Gasteiger partial charge in [0.1, 0.15) is 0 Å². The van der Waals surface area contributed by atoms with Crippen LogP contribution in [0.25, 0.3) is 0 Å². The average molecular weight is 185 g/mol. The first-order valence-electron chi connectivity index (χ1n) is 3.00. The Kier molecular flexibility index (Phi) is 37.3. The fourth-order valence-electron chi connectivity index (χ4n) is 0. The van der Waals surface area contributed by atoms with Gasteiger partial charge in [-0.25, -0.2) is 0 Å². The zero-order valence-corrected chi connectivity index (χ0v) is 9.24. The van der Waals surface area contributed by atoms with E-state index in [4.69, 9.17) is 0 Å². The second kappa shape index (κ2) is 16.6. The second-order valence-corrected chi connectivity index (χ2v) is 3.00. The first kappa shape index (κ1) is 22.5. The predicted molar refractivity (Wildman–Crippen MR) is 46.3 cm³/mol. The van der Waals surface area contributed by atoms with Crippen molar-refractivity contribution in [1.29, 1.82) is 0 Å². The van der Waals surface area contributed by atoms with Crippen LogP contribution >= 0.6 is 0 Å². The third-order valence-electron chi connectivity index (χ3n) is 0. The maximum atomic E-state index is 2.08. The Hall–Kier alpha value is 1.12. The van der Waals surface area contributed by atoms with Gasteiger partial charge in [0, 0.05) is 18.9 Å². The molecule has 0 nitrogen and oxygen atoms in total. The average Bonchev–Trinajstić information content (AvgIpc) is 1.25. The van der Waals surface area contributed by atoms with Crippen molar-refractivity contribution in [2.24, 2.45) is 0 Å². The van der Waals surface area contributed by atoms with E-state index in [2.05, 4.69) is 41.5 Å². The number of hydrogen-bond acceptors (Lipinski definition) is 0. The Labute approximate surface area is 89.2 Å². The summed E-state index contributed by atoms with van der Waals surface area (Å²) in [6.45, 7) is 12.5. The van der Waals surface area contributed by atoms with E-state index < -0.39 is 0 Å². The van der Waals surface area contributed by atoms with Gasteiger partial charge in [-0.3, -0.25) is 0 Å². The molecule has 0 unspecified atom stereocenters. The van der Waals surface area contributed by atoms with Crippen molar-refractivity contribution in [2.75, 3.05) is 0 Å². The molecule has 0 atom stereocenters. The molecule has 0 aromatic heterocycles. The first-order chi connectivity index (χ1) is 3.46. The summed E-state index contributed by atoms with van der Waals surface area (Å²) in [5, 5.41) is 0. The quantitative estimate of drug-likeness (QED) is 0.401. The number of hydrogen-bond donors (Lipinski definition) is 0. The van der Waals surface area contributed by atoms with Gasteiger partial charge in [-0.05, 0) is 0 Å². The summed E-state index contributed by atoms with van der Waals surface area (Å²) in [4.78, 5) is 0. The van der Waals surface area contributed by atoms with Crippen LogP contribution in [0.3, 0.4) is 0 Å². The molecule has 0 amide bonds. The molecule has 0 spiro atoms. The molecule has 10 heavy (non-hydrogen) atoms. The van der Waals surface area contributed by atoms with Crippen molar-refractivity contribution < 1.29 is 17.1 Å². The van der Waals surface area contributed by atoms with Crippen molar-refractivity contribution in [3.8, 4) is 0 Å². The molecule has 62 valence electrons. The maximum absolute atomic E-state index is 2.08. The third-order valence-corrected chi connectivity index (χ3v) is 0. The van der Waals surface area contributed by atoms with Crippen LogP contribution in [0.2, 0.25) is 0 Å². The topological polar surface area (TPSA) is 0 Å². The van der Waals surface area contributed by atoms with Crippen LogP contribution in [-0.4, -0.2) is 18.9 Å². The van der Waals surface area contributed by atoms with E-state index in [1.807, 2.05) is 0 Å². The van der Waals surface area contributed by atoms with Gasteiger partial charge in [-0.1, -0.05) is 0 Å². The van der Waals surface area contributed by atoms with E-state index in [0.717, 1.165) is 0 Å². The van der Waals surface area contributed by atoms with E-state index in [0.29, 0.717) is 0 Å². The maximum Gasteiger partial charge on any atom is 2.00 e. The van der Waals surface area contributed by atoms with Crippen molar-refractivity contribution >= 4 is 18.9 Å². The molecular weight excluding hydrogens is 167 g/mol. The molecule has 0 aromatic rings. The van der Waals surface area contributed by atoms with Crippen LogP contribution in [0.15, 0.2) is 0 Å². The predicted octanol–water partition coefficient (Wildman–Crippen LogP) is 2.86. The minimum atomic E-state index is 0. The van der Waals surface area contributed by atoms with Gasteiger partial charge in [-0.15, -0.1) is 0 Å². The Morgan fingerprint density at radius 2 is 0.600 bits per heavy atom. The SMILES string of the molecule is C[C-](C)C.C[C-](C)C.[Cu+2].[Li]. The van der Waals surface area contributed by atoms with Gasteiger partial charge in [0.15, 0.2) is 0 Å². The van der Waals surface area contributed by atoms with Gasteiger partial charge in [0.05, 0.1) is 0 Å². The van der Waals surface area contributed by atoms with Gasteiger partial charge in [0.25, 0.3) is 0 Å². The van der Waals surface area contributed by atoms with E-state index >= 15 is 0 Å². The van der Waals surface area contributed by atoms with Crippen molar-refractivity contribution in [1.82, 2.24) is 0 Å². The molecule has 0 aliphatic carbocycles. The Balaban J connectivity index is -0.0000000300. The van der Waals surface area contributed by atoms with Gasteiger partial charge < -0.3 is 11.8 Å². The molecule has 2 heteroatoms. The molecule has 0 aliphatic rings. The fraction of sp³-hybridized carbons (Fsp3) is 0.750. The fourth-order valence-corrected chi connectivity index (χ4v) is 0. The Morgan fingerprint density at radius 1 is 0.600 bits per heavy atom. The molecule has 0 N–H and O–H groups in total. The van der Waals surface area contributed by atoms with Crippen molar-refractivity contribution in [3.05, 3.63) is 11.8 Å². The zero-order chi connectivity index (χ0) is 7.15. The normalized spacial score (nSPS) is 7.20. The van der Waals surface area contributed by atoms with Gasteiger partial charge >= 0.3 is 17.1 Å². The monoisotopic (exact) mass is 184 g/mol. The zero-order valence-electron chi connectivity index (χ0n) is 8.30. The summed E-state index contributed by atoms with van der Waals surface area (Å²) in [6, 6.07) is 0. The molecular formula is C8H18CuLi. The summed E-state index contributed by atoms with van der Waals surface area (Å²) < 4.78 is 0. The molecule has 0 aromatic carbocycles. The Bertz CT molecular complexity index is 24.7. The van der Waals surface area contributed by atoms with Crippen LogP contribution in [0.4, 0.5) is 0 Å². The molecule has 0 aliphatic heterocycles. The summed E-state index contributed by atoms with van der Waals surface area (Å²) >= 11 is 0. The summed E-state index contributed by atoms with van der Waals surface area (Å²) in [6.07, 6.45) is 0. The minimum Gasteiger partial charge on any atom is -0.323 e. The summed E-state index contributed by atoms with van der Waals surface area (Å²) in [5.74, 6) is 2.83. The van der Waals surface area contributed by atoms with Crippen molar-refractivity contribution in [2.45, 2.75) is 41.5 Å². The third kappa shape index (κ3) is 482. The van der Waals surface area contributed by atoms with Crippen LogP contribution in [0, 0.1) is 11.8 Å². The van der Waals surface area contributed by atoms with E-state index in [1.54, 1.807) is 0 Å². The van der Waals surface area contributed by atoms with Crippen LogP contribution < -0.4 is 0 Å².